The molecule has 0 fully saturated rings. The second kappa shape index (κ2) is 6.63. The van der Waals surface area contributed by atoms with Crippen LogP contribution in [-0.2, 0) is 19.3 Å². The molecule has 112 valence electrons. The van der Waals surface area contributed by atoms with Crippen LogP contribution in [0.3, 0.4) is 0 Å². The third kappa shape index (κ3) is 3.98. The van der Waals surface area contributed by atoms with Gasteiger partial charge in [0.2, 0.25) is 0 Å². The predicted molar refractivity (Wildman–Crippen MR) is 79.9 cm³/mol. The van der Waals surface area contributed by atoms with Crippen molar-refractivity contribution >= 4 is 5.82 Å². The van der Waals surface area contributed by atoms with Crippen molar-refractivity contribution in [1.82, 2.24) is 4.98 Å². The smallest absolute Gasteiger partial charge is 0.162 e. The predicted octanol–water partition coefficient (Wildman–Crippen LogP) is 2.54. The lowest BCUT2D eigenvalue weighted by Gasteiger charge is -2.08. The molecule has 0 saturated heterocycles. The van der Waals surface area contributed by atoms with Crippen molar-refractivity contribution in [2.75, 3.05) is 12.3 Å². The molecule has 1 heterocycles. The van der Waals surface area contributed by atoms with Crippen LogP contribution < -0.4 is 11.5 Å². The lowest BCUT2D eigenvalue weighted by molar-refractivity contribution is 0.496. The van der Waals surface area contributed by atoms with Crippen LogP contribution in [0.5, 0.6) is 0 Å². The van der Waals surface area contributed by atoms with E-state index in [0.717, 1.165) is 11.3 Å². The molecular formula is C16H19F2N3. The molecular weight excluding hydrogens is 272 g/mol. The second-order valence-electron chi connectivity index (χ2n) is 5.15. The first-order valence-electron chi connectivity index (χ1n) is 6.89. The highest BCUT2D eigenvalue weighted by Crippen LogP contribution is 2.18. The van der Waals surface area contributed by atoms with Gasteiger partial charge in [-0.25, -0.2) is 13.8 Å². The first-order chi connectivity index (χ1) is 9.99. The van der Waals surface area contributed by atoms with Crippen LogP contribution in [0.4, 0.5) is 14.6 Å². The van der Waals surface area contributed by atoms with E-state index in [4.69, 9.17) is 11.5 Å². The zero-order valence-corrected chi connectivity index (χ0v) is 12.0. The van der Waals surface area contributed by atoms with Crippen molar-refractivity contribution in [2.24, 2.45) is 5.73 Å². The van der Waals surface area contributed by atoms with Crippen molar-refractivity contribution in [2.45, 2.75) is 26.2 Å². The summed E-state index contributed by atoms with van der Waals surface area (Å²) in [6, 6.07) is 6.54. The van der Waals surface area contributed by atoms with Crippen LogP contribution in [0, 0.1) is 18.6 Å². The van der Waals surface area contributed by atoms with Gasteiger partial charge in [0.1, 0.15) is 5.82 Å². The largest absolute Gasteiger partial charge is 0.384 e. The van der Waals surface area contributed by atoms with Gasteiger partial charge >= 0.3 is 0 Å². The summed E-state index contributed by atoms with van der Waals surface area (Å²) in [7, 11) is 0. The lowest BCUT2D eigenvalue weighted by Crippen LogP contribution is -2.06. The summed E-state index contributed by atoms with van der Waals surface area (Å²) < 4.78 is 27.4. The van der Waals surface area contributed by atoms with E-state index in [9.17, 15) is 8.78 Å². The Kier molecular flexibility index (Phi) is 4.85. The average Bonchev–Trinajstić information content (AvgIpc) is 2.40. The minimum atomic E-state index is -0.826. The van der Waals surface area contributed by atoms with E-state index in [0.29, 0.717) is 42.8 Å². The standard InChI is InChI=1S/C16H19F2N3/c1-10-6-13(21-15(20)7-10)3-2-12-8-11(4-5-19)9-14(17)16(12)18/h6-9H,2-5,19H2,1H3,(H2,20,21). The summed E-state index contributed by atoms with van der Waals surface area (Å²) in [6.45, 7) is 2.32. The first kappa shape index (κ1) is 15.4. The zero-order chi connectivity index (χ0) is 15.4. The maximum Gasteiger partial charge on any atom is 0.162 e. The van der Waals surface area contributed by atoms with Gasteiger partial charge in [-0.3, -0.25) is 0 Å². The van der Waals surface area contributed by atoms with Crippen LogP contribution in [-0.4, -0.2) is 11.5 Å². The van der Waals surface area contributed by atoms with Gasteiger partial charge in [0.15, 0.2) is 11.6 Å². The van der Waals surface area contributed by atoms with E-state index >= 15 is 0 Å². The highest BCUT2D eigenvalue weighted by molar-refractivity contribution is 5.35. The SMILES string of the molecule is Cc1cc(N)nc(CCc2cc(CCN)cc(F)c2F)c1. The maximum atomic E-state index is 13.8. The Morgan fingerprint density at radius 1 is 1.05 bits per heavy atom. The third-order valence-corrected chi connectivity index (χ3v) is 3.29. The van der Waals surface area contributed by atoms with E-state index < -0.39 is 11.6 Å². The van der Waals surface area contributed by atoms with Gasteiger partial charge in [-0.1, -0.05) is 6.07 Å². The minimum Gasteiger partial charge on any atom is -0.384 e. The summed E-state index contributed by atoms with van der Waals surface area (Å²) in [6.07, 6.45) is 1.41. The molecule has 0 amide bonds. The molecule has 0 radical (unpaired) electrons. The normalized spacial score (nSPS) is 10.9. The second-order valence-corrected chi connectivity index (χ2v) is 5.15. The number of anilines is 1. The molecule has 3 nitrogen and oxygen atoms in total. The highest BCUT2D eigenvalue weighted by atomic mass is 19.2. The number of aromatic nitrogens is 1. The van der Waals surface area contributed by atoms with Gasteiger partial charge < -0.3 is 11.5 Å². The summed E-state index contributed by atoms with van der Waals surface area (Å²) >= 11 is 0. The summed E-state index contributed by atoms with van der Waals surface area (Å²) in [5, 5.41) is 0. The van der Waals surface area contributed by atoms with Gasteiger partial charge in [0.05, 0.1) is 0 Å². The maximum absolute atomic E-state index is 13.8. The molecule has 0 bridgehead atoms. The van der Waals surface area contributed by atoms with Crippen LogP contribution in [0.25, 0.3) is 0 Å². The molecule has 0 unspecified atom stereocenters. The molecule has 5 heteroatoms. The van der Waals surface area contributed by atoms with E-state index in [1.807, 2.05) is 13.0 Å². The van der Waals surface area contributed by atoms with E-state index in [2.05, 4.69) is 4.98 Å². The number of nitrogen functional groups attached to an aromatic ring is 1. The van der Waals surface area contributed by atoms with Crippen LogP contribution in [0.2, 0.25) is 0 Å². The van der Waals surface area contributed by atoms with Crippen LogP contribution in [0.1, 0.15) is 22.4 Å². The fourth-order valence-corrected chi connectivity index (χ4v) is 2.36. The molecule has 0 atom stereocenters. The monoisotopic (exact) mass is 291 g/mol. The summed E-state index contributed by atoms with van der Waals surface area (Å²) in [5.41, 5.74) is 14.0. The molecule has 0 saturated carbocycles. The molecule has 2 aromatic rings. The Balaban J connectivity index is 2.18. The van der Waals surface area contributed by atoms with Crippen molar-refractivity contribution in [3.8, 4) is 0 Å². The number of hydrogen-bond donors (Lipinski definition) is 2. The van der Waals surface area contributed by atoms with Gasteiger partial charge in [-0.15, -0.1) is 0 Å². The number of pyridine rings is 1. The minimum absolute atomic E-state index is 0.348. The first-order valence-corrected chi connectivity index (χ1v) is 6.89. The molecule has 0 aliphatic heterocycles. The van der Waals surface area contributed by atoms with Crippen molar-refractivity contribution in [3.05, 3.63) is 58.3 Å². The number of nitrogens with two attached hydrogens (primary N) is 2. The molecule has 1 aromatic heterocycles. The zero-order valence-electron chi connectivity index (χ0n) is 12.0. The average molecular weight is 291 g/mol. The summed E-state index contributed by atoms with van der Waals surface area (Å²) in [5.74, 6) is -1.18. The molecule has 0 spiro atoms. The van der Waals surface area contributed by atoms with Gasteiger partial charge in [0, 0.05) is 5.69 Å². The number of rotatable bonds is 5. The summed E-state index contributed by atoms with van der Waals surface area (Å²) in [4.78, 5) is 4.20. The van der Waals surface area contributed by atoms with E-state index in [1.165, 1.54) is 6.07 Å². The molecule has 1 aromatic carbocycles. The Morgan fingerprint density at radius 3 is 2.48 bits per heavy atom. The lowest BCUT2D eigenvalue weighted by atomic mass is 10.0. The molecule has 0 aliphatic carbocycles. The van der Waals surface area contributed by atoms with Gasteiger partial charge in [-0.05, 0) is 67.6 Å². The Morgan fingerprint density at radius 2 is 1.81 bits per heavy atom. The molecule has 0 aliphatic rings. The number of nitrogens with zero attached hydrogens (tertiary/aromatic N) is 1. The van der Waals surface area contributed by atoms with Crippen molar-refractivity contribution in [3.63, 3.8) is 0 Å². The Hall–Kier alpha value is -2.01. The highest BCUT2D eigenvalue weighted by Gasteiger charge is 2.11. The number of benzene rings is 1. The van der Waals surface area contributed by atoms with Crippen molar-refractivity contribution < 1.29 is 8.78 Å². The molecule has 4 N–H and O–H groups in total. The fourth-order valence-electron chi connectivity index (χ4n) is 2.36. The number of aryl methyl sites for hydroxylation is 3. The van der Waals surface area contributed by atoms with Gasteiger partial charge in [0.25, 0.3) is 0 Å². The third-order valence-electron chi connectivity index (χ3n) is 3.29. The molecule has 2 rings (SSSR count). The fraction of sp³-hybridized carbons (Fsp3) is 0.312. The molecule has 21 heavy (non-hydrogen) atoms. The van der Waals surface area contributed by atoms with Crippen molar-refractivity contribution in [1.29, 1.82) is 0 Å². The Labute approximate surface area is 123 Å². The number of halogens is 2. The van der Waals surface area contributed by atoms with Crippen LogP contribution in [0.15, 0.2) is 24.3 Å². The van der Waals surface area contributed by atoms with Crippen LogP contribution >= 0.6 is 0 Å². The van der Waals surface area contributed by atoms with Gasteiger partial charge in [-0.2, -0.15) is 0 Å². The topological polar surface area (TPSA) is 64.9 Å². The quantitative estimate of drug-likeness (QED) is 0.889. The van der Waals surface area contributed by atoms with E-state index in [1.54, 1.807) is 12.1 Å². The Bertz CT molecular complexity index is 621. The van der Waals surface area contributed by atoms with E-state index in [-0.39, 0.29) is 0 Å². The number of hydrogen-bond acceptors (Lipinski definition) is 3.